The van der Waals surface area contributed by atoms with Gasteiger partial charge in [-0.3, -0.25) is 0 Å². The Morgan fingerprint density at radius 3 is 2.50 bits per heavy atom. The van der Waals surface area contributed by atoms with E-state index in [1.807, 2.05) is 0 Å². The zero-order valence-corrected chi connectivity index (χ0v) is 9.70. The van der Waals surface area contributed by atoms with E-state index in [0.29, 0.717) is 16.5 Å². The molecule has 84 valence electrons. The van der Waals surface area contributed by atoms with Crippen LogP contribution in [0.1, 0.15) is 0 Å². The Labute approximate surface area is 98.1 Å². The van der Waals surface area contributed by atoms with Gasteiger partial charge in [0.1, 0.15) is 17.9 Å². The van der Waals surface area contributed by atoms with E-state index in [4.69, 9.17) is 16.3 Å². The molecule has 0 bridgehead atoms. The highest BCUT2D eigenvalue weighted by atomic mass is 35.5. The Morgan fingerprint density at radius 1 is 1.25 bits per heavy atom. The molecule has 0 aromatic heterocycles. The number of hydrogen-bond donors (Lipinski definition) is 0. The quantitative estimate of drug-likeness (QED) is 0.832. The molecule has 0 fully saturated rings. The van der Waals surface area contributed by atoms with E-state index in [9.17, 15) is 8.42 Å². The molecule has 0 saturated heterocycles. The molecule has 1 heterocycles. The summed E-state index contributed by atoms with van der Waals surface area (Å²) < 4.78 is 27.3. The van der Waals surface area contributed by atoms with E-state index in [-0.39, 0.29) is 6.61 Å². The fourth-order valence-electron chi connectivity index (χ4n) is 1.15. The Kier molecular flexibility index (Phi) is 2.98. The molecule has 1 aliphatic rings. The number of nitrogens with zero attached hydrogens (tertiary/aromatic N) is 1. The maximum atomic E-state index is 11.0. The lowest BCUT2D eigenvalue weighted by Gasteiger charge is -2.04. The predicted octanol–water partition coefficient (Wildman–Crippen LogP) is 2.02. The van der Waals surface area contributed by atoms with Crippen LogP contribution in [0.3, 0.4) is 0 Å². The van der Waals surface area contributed by atoms with E-state index in [2.05, 4.69) is 4.99 Å². The number of halogens is 1. The first-order valence-electron chi connectivity index (χ1n) is 4.43. The van der Waals surface area contributed by atoms with E-state index in [1.54, 1.807) is 24.3 Å². The predicted molar refractivity (Wildman–Crippen MR) is 62.4 cm³/mol. The van der Waals surface area contributed by atoms with Gasteiger partial charge in [0.15, 0.2) is 0 Å². The fraction of sp³-hybridized carbons (Fsp3) is 0.100. The minimum atomic E-state index is -3.26. The van der Waals surface area contributed by atoms with Crippen molar-refractivity contribution in [3.63, 3.8) is 0 Å². The van der Waals surface area contributed by atoms with E-state index < -0.39 is 9.84 Å². The molecule has 0 amide bonds. The van der Waals surface area contributed by atoms with Gasteiger partial charge in [-0.1, -0.05) is 11.6 Å². The van der Waals surface area contributed by atoms with Crippen LogP contribution >= 0.6 is 11.6 Å². The number of hydrogen-bond acceptors (Lipinski definition) is 4. The zero-order chi connectivity index (χ0) is 11.6. The molecule has 0 unspecified atom stereocenters. The second kappa shape index (κ2) is 4.27. The van der Waals surface area contributed by atoms with Crippen molar-refractivity contribution in [1.29, 1.82) is 0 Å². The first kappa shape index (κ1) is 11.2. The van der Waals surface area contributed by atoms with Crippen molar-refractivity contribution in [2.75, 3.05) is 6.61 Å². The van der Waals surface area contributed by atoms with Crippen molar-refractivity contribution in [2.24, 2.45) is 4.99 Å². The van der Waals surface area contributed by atoms with Crippen molar-refractivity contribution in [1.82, 2.24) is 0 Å². The van der Waals surface area contributed by atoms with Gasteiger partial charge in [0, 0.05) is 5.02 Å². The number of benzene rings is 1. The molecule has 1 aromatic carbocycles. The number of ether oxygens (including phenoxy) is 1. The standard InChI is InChI=1S/C10H8ClNO3S/c11-8-1-3-10(4-2-8)15-5-9-6-16(13,14)7-12-9/h1-4,6-7H,5H2. The molecule has 2 rings (SSSR count). The summed E-state index contributed by atoms with van der Waals surface area (Å²) >= 11 is 5.71. The molecule has 16 heavy (non-hydrogen) atoms. The topological polar surface area (TPSA) is 55.7 Å². The van der Waals surface area contributed by atoms with Crippen LogP contribution in [0.2, 0.25) is 5.02 Å². The Balaban J connectivity index is 1.99. The van der Waals surface area contributed by atoms with Gasteiger partial charge >= 0.3 is 0 Å². The molecule has 1 aliphatic heterocycles. The second-order valence-corrected chi connectivity index (χ2v) is 5.24. The van der Waals surface area contributed by atoms with Crippen molar-refractivity contribution >= 4 is 27.0 Å². The van der Waals surface area contributed by atoms with Crippen molar-refractivity contribution < 1.29 is 13.2 Å². The molecule has 0 aliphatic carbocycles. The zero-order valence-electron chi connectivity index (χ0n) is 8.13. The largest absolute Gasteiger partial charge is 0.487 e. The van der Waals surface area contributed by atoms with Gasteiger partial charge in [-0.05, 0) is 24.3 Å². The Bertz CT molecular complexity index is 546. The SMILES string of the molecule is O=S1(=O)C=NC(COc2ccc(Cl)cc2)=C1. The van der Waals surface area contributed by atoms with Crippen LogP contribution in [0.15, 0.2) is 40.4 Å². The maximum absolute atomic E-state index is 11.0. The van der Waals surface area contributed by atoms with Crippen molar-refractivity contribution in [2.45, 2.75) is 0 Å². The lowest BCUT2D eigenvalue weighted by atomic mass is 10.3. The van der Waals surface area contributed by atoms with Crippen LogP contribution in [0.25, 0.3) is 0 Å². The van der Waals surface area contributed by atoms with Crippen LogP contribution in [-0.4, -0.2) is 20.6 Å². The summed E-state index contributed by atoms with van der Waals surface area (Å²) in [4.78, 5) is 3.72. The lowest BCUT2D eigenvalue weighted by Crippen LogP contribution is -1.98. The second-order valence-electron chi connectivity index (χ2n) is 3.18. The molecule has 6 heteroatoms. The van der Waals surface area contributed by atoms with Gasteiger partial charge in [0.05, 0.1) is 11.1 Å². The summed E-state index contributed by atoms with van der Waals surface area (Å²) in [5, 5.41) is 1.70. The van der Waals surface area contributed by atoms with Gasteiger partial charge in [0.25, 0.3) is 0 Å². The molecule has 0 radical (unpaired) electrons. The average Bonchev–Trinajstić information content (AvgIpc) is 2.58. The first-order chi connectivity index (χ1) is 7.55. The maximum Gasteiger partial charge on any atom is 0.212 e. The van der Waals surface area contributed by atoms with Crippen LogP contribution in [0, 0.1) is 0 Å². The van der Waals surface area contributed by atoms with Crippen molar-refractivity contribution in [3.05, 3.63) is 40.4 Å². The minimum absolute atomic E-state index is 0.122. The van der Waals surface area contributed by atoms with Gasteiger partial charge in [-0.25, -0.2) is 13.4 Å². The van der Waals surface area contributed by atoms with E-state index >= 15 is 0 Å². The highest BCUT2D eigenvalue weighted by Crippen LogP contribution is 2.17. The molecule has 1 aromatic rings. The van der Waals surface area contributed by atoms with Gasteiger partial charge in [0.2, 0.25) is 9.84 Å². The number of sulfone groups is 1. The Hall–Kier alpha value is -1.33. The fourth-order valence-corrected chi connectivity index (χ4v) is 2.13. The third-order valence-electron chi connectivity index (χ3n) is 1.87. The molecule has 0 N–H and O–H groups in total. The van der Waals surface area contributed by atoms with Gasteiger partial charge in [-0.2, -0.15) is 0 Å². The molecule has 4 nitrogen and oxygen atoms in total. The highest BCUT2D eigenvalue weighted by Gasteiger charge is 2.13. The monoisotopic (exact) mass is 257 g/mol. The Morgan fingerprint density at radius 2 is 1.94 bits per heavy atom. The summed E-state index contributed by atoms with van der Waals surface area (Å²) in [7, 11) is -3.26. The highest BCUT2D eigenvalue weighted by molar-refractivity contribution is 8.07. The van der Waals surface area contributed by atoms with Crippen LogP contribution in [0.4, 0.5) is 0 Å². The molecule has 0 atom stereocenters. The summed E-state index contributed by atoms with van der Waals surface area (Å²) in [5.74, 6) is 0.616. The number of aliphatic imine (C=N–C) groups is 1. The molecular formula is C10H8ClNO3S. The molecular weight excluding hydrogens is 250 g/mol. The molecule has 0 spiro atoms. The van der Waals surface area contributed by atoms with Crippen molar-refractivity contribution in [3.8, 4) is 5.75 Å². The summed E-state index contributed by atoms with van der Waals surface area (Å²) in [6, 6.07) is 6.80. The average molecular weight is 258 g/mol. The smallest absolute Gasteiger partial charge is 0.212 e. The first-order valence-corrected chi connectivity index (χ1v) is 6.42. The van der Waals surface area contributed by atoms with Gasteiger partial charge < -0.3 is 4.74 Å². The summed E-state index contributed by atoms with van der Waals surface area (Å²) in [6.07, 6.45) is 0. The third kappa shape index (κ3) is 2.84. The van der Waals surface area contributed by atoms with E-state index in [1.165, 1.54) is 0 Å². The summed E-state index contributed by atoms with van der Waals surface area (Å²) in [5.41, 5.74) is 1.29. The molecule has 0 saturated carbocycles. The normalized spacial score (nSPS) is 17.2. The van der Waals surface area contributed by atoms with Crippen LogP contribution in [0.5, 0.6) is 5.75 Å². The van der Waals surface area contributed by atoms with Crippen LogP contribution in [-0.2, 0) is 9.84 Å². The third-order valence-corrected chi connectivity index (χ3v) is 3.12. The van der Waals surface area contributed by atoms with Crippen LogP contribution < -0.4 is 4.74 Å². The number of rotatable bonds is 3. The van der Waals surface area contributed by atoms with E-state index in [0.717, 1.165) is 11.0 Å². The lowest BCUT2D eigenvalue weighted by molar-refractivity contribution is 0.351. The minimum Gasteiger partial charge on any atom is -0.487 e. The van der Waals surface area contributed by atoms with Gasteiger partial charge in [-0.15, -0.1) is 0 Å². The summed E-state index contributed by atoms with van der Waals surface area (Å²) in [6.45, 7) is 0.122.